The van der Waals surface area contributed by atoms with Crippen LogP contribution in [0.3, 0.4) is 0 Å². The molecule has 0 spiro atoms. The Morgan fingerprint density at radius 1 is 1.25 bits per heavy atom. The van der Waals surface area contributed by atoms with Crippen molar-refractivity contribution in [3.8, 4) is 0 Å². The van der Waals surface area contributed by atoms with Gasteiger partial charge in [0.2, 0.25) is 0 Å². The summed E-state index contributed by atoms with van der Waals surface area (Å²) in [5, 5.41) is 9.29. The van der Waals surface area contributed by atoms with E-state index < -0.39 is 11.5 Å². The minimum Gasteiger partial charge on any atom is -0.480 e. The summed E-state index contributed by atoms with van der Waals surface area (Å²) in [5.74, 6) is -0.935. The zero-order valence-electron chi connectivity index (χ0n) is 9.66. The fourth-order valence-electron chi connectivity index (χ4n) is 2.46. The van der Waals surface area contributed by atoms with Gasteiger partial charge in [-0.2, -0.15) is 0 Å². The lowest BCUT2D eigenvalue weighted by Gasteiger charge is -2.40. The van der Waals surface area contributed by atoms with E-state index in [1.54, 1.807) is 0 Å². The second kappa shape index (κ2) is 3.32. The Hall–Kier alpha value is -1.35. The first-order valence-electron chi connectivity index (χ1n) is 5.50. The minimum atomic E-state index is -1.22. The number of aliphatic carboxylic acids is 1. The van der Waals surface area contributed by atoms with Gasteiger partial charge in [0.05, 0.1) is 0 Å². The van der Waals surface area contributed by atoms with Crippen molar-refractivity contribution in [2.24, 2.45) is 5.73 Å². The maximum atomic E-state index is 11.3. The number of carboxylic acid groups (broad SMARTS) is 1. The molecule has 2 rings (SSSR count). The van der Waals surface area contributed by atoms with Gasteiger partial charge in [0, 0.05) is 0 Å². The van der Waals surface area contributed by atoms with Crippen molar-refractivity contribution in [1.82, 2.24) is 0 Å². The summed E-state index contributed by atoms with van der Waals surface area (Å²) < 4.78 is 0. The largest absolute Gasteiger partial charge is 0.480 e. The first-order chi connectivity index (χ1) is 7.38. The van der Waals surface area contributed by atoms with Gasteiger partial charge < -0.3 is 10.8 Å². The molecule has 1 atom stereocenters. The lowest BCUT2D eigenvalue weighted by atomic mass is 9.66. The van der Waals surface area contributed by atoms with E-state index in [9.17, 15) is 9.90 Å². The third-order valence-electron chi connectivity index (χ3n) is 3.66. The highest BCUT2D eigenvalue weighted by atomic mass is 16.4. The molecule has 1 aromatic carbocycles. The highest BCUT2D eigenvalue weighted by molar-refractivity contribution is 5.81. The van der Waals surface area contributed by atoms with Crippen molar-refractivity contribution in [1.29, 1.82) is 0 Å². The van der Waals surface area contributed by atoms with Gasteiger partial charge in [-0.1, -0.05) is 38.1 Å². The molecule has 0 amide bonds. The fraction of sp³-hybridized carbons (Fsp3) is 0.462. The van der Waals surface area contributed by atoms with E-state index in [4.69, 9.17) is 5.73 Å². The van der Waals surface area contributed by atoms with Crippen LogP contribution in [0.2, 0.25) is 0 Å². The van der Waals surface area contributed by atoms with Crippen molar-refractivity contribution >= 4 is 5.97 Å². The van der Waals surface area contributed by atoms with Crippen LogP contribution in [0.4, 0.5) is 0 Å². The summed E-state index contributed by atoms with van der Waals surface area (Å²) in [6, 6.07) is 7.61. The predicted molar refractivity (Wildman–Crippen MR) is 62.2 cm³/mol. The van der Waals surface area contributed by atoms with Gasteiger partial charge in [0.15, 0.2) is 0 Å². The molecule has 0 heterocycles. The lowest BCUT2D eigenvalue weighted by Crippen LogP contribution is -2.50. The van der Waals surface area contributed by atoms with Crippen LogP contribution in [0.25, 0.3) is 0 Å². The zero-order chi connectivity index (χ0) is 12.0. The molecule has 86 valence electrons. The van der Waals surface area contributed by atoms with Gasteiger partial charge in [-0.3, -0.25) is 0 Å². The molecule has 16 heavy (non-hydrogen) atoms. The van der Waals surface area contributed by atoms with E-state index >= 15 is 0 Å². The van der Waals surface area contributed by atoms with Gasteiger partial charge in [-0.15, -0.1) is 0 Å². The van der Waals surface area contributed by atoms with E-state index in [-0.39, 0.29) is 5.41 Å². The average Bonchev–Trinajstić information content (AvgIpc) is 2.24. The Labute approximate surface area is 95.3 Å². The Morgan fingerprint density at radius 2 is 1.81 bits per heavy atom. The number of carboxylic acids is 1. The molecule has 0 radical (unpaired) electrons. The van der Waals surface area contributed by atoms with E-state index in [1.807, 2.05) is 24.3 Å². The van der Waals surface area contributed by atoms with Gasteiger partial charge in [0.1, 0.15) is 5.54 Å². The monoisotopic (exact) mass is 219 g/mol. The molecule has 0 fully saturated rings. The maximum Gasteiger partial charge on any atom is 0.328 e. The summed E-state index contributed by atoms with van der Waals surface area (Å²) in [5.41, 5.74) is 6.65. The van der Waals surface area contributed by atoms with Crippen molar-refractivity contribution in [2.45, 2.75) is 37.6 Å². The molecule has 0 aromatic heterocycles. The smallest absolute Gasteiger partial charge is 0.328 e. The maximum absolute atomic E-state index is 11.3. The minimum absolute atomic E-state index is 0.00884. The molecule has 0 bridgehead atoms. The normalized spacial score (nSPS) is 27.2. The summed E-state index contributed by atoms with van der Waals surface area (Å²) >= 11 is 0. The topological polar surface area (TPSA) is 63.3 Å². The molecule has 0 saturated carbocycles. The fourth-order valence-corrected chi connectivity index (χ4v) is 2.46. The van der Waals surface area contributed by atoms with Crippen molar-refractivity contribution in [2.75, 3.05) is 0 Å². The molecule has 0 aliphatic heterocycles. The number of fused-ring (bicyclic) bond motifs is 1. The van der Waals surface area contributed by atoms with Crippen LogP contribution in [0, 0.1) is 0 Å². The molecule has 1 aromatic rings. The van der Waals surface area contributed by atoms with Crippen LogP contribution in [-0.4, -0.2) is 11.1 Å². The molecular weight excluding hydrogens is 202 g/mol. The first-order valence-corrected chi connectivity index (χ1v) is 5.50. The Bertz CT molecular complexity index is 439. The van der Waals surface area contributed by atoms with E-state index in [2.05, 4.69) is 13.8 Å². The number of benzene rings is 1. The third-order valence-corrected chi connectivity index (χ3v) is 3.66. The summed E-state index contributed by atoms with van der Waals surface area (Å²) in [7, 11) is 0. The van der Waals surface area contributed by atoms with E-state index in [1.165, 1.54) is 0 Å². The lowest BCUT2D eigenvalue weighted by molar-refractivity contribution is -0.144. The van der Waals surface area contributed by atoms with Crippen LogP contribution in [-0.2, 0) is 15.7 Å². The molecule has 0 unspecified atom stereocenters. The van der Waals surface area contributed by atoms with Crippen molar-refractivity contribution in [3.63, 3.8) is 0 Å². The van der Waals surface area contributed by atoms with Crippen LogP contribution in [0.15, 0.2) is 24.3 Å². The SMILES string of the molecule is CC1(C)CC[C@](N)(C(=O)O)c2ccccc21. The molecule has 3 nitrogen and oxygen atoms in total. The molecule has 1 aliphatic rings. The van der Waals surface area contributed by atoms with Crippen LogP contribution < -0.4 is 5.73 Å². The van der Waals surface area contributed by atoms with Gasteiger partial charge in [-0.25, -0.2) is 4.79 Å². The molecule has 3 N–H and O–H groups in total. The first kappa shape index (κ1) is 11.1. The number of hydrogen-bond donors (Lipinski definition) is 2. The summed E-state index contributed by atoms with van der Waals surface area (Å²) in [6.07, 6.45) is 1.29. The zero-order valence-corrected chi connectivity index (χ0v) is 9.66. The highest BCUT2D eigenvalue weighted by Gasteiger charge is 2.45. The average molecular weight is 219 g/mol. The van der Waals surface area contributed by atoms with E-state index in [0.29, 0.717) is 6.42 Å². The number of hydrogen-bond acceptors (Lipinski definition) is 2. The molecule has 0 saturated heterocycles. The quantitative estimate of drug-likeness (QED) is 0.759. The van der Waals surface area contributed by atoms with Crippen LogP contribution in [0.1, 0.15) is 37.8 Å². The standard InChI is InChI=1S/C13H17NO2/c1-12(2)7-8-13(14,11(15)16)10-6-4-3-5-9(10)12/h3-6H,7-8,14H2,1-2H3,(H,15,16)/t13-/m1/s1. The Kier molecular flexibility index (Phi) is 2.31. The van der Waals surface area contributed by atoms with E-state index in [0.717, 1.165) is 17.5 Å². The highest BCUT2D eigenvalue weighted by Crippen LogP contribution is 2.43. The Balaban J connectivity index is 2.64. The Morgan fingerprint density at radius 3 is 2.38 bits per heavy atom. The van der Waals surface area contributed by atoms with Gasteiger partial charge in [-0.05, 0) is 29.4 Å². The molecular formula is C13H17NO2. The van der Waals surface area contributed by atoms with Gasteiger partial charge in [0.25, 0.3) is 0 Å². The predicted octanol–water partition coefficient (Wildman–Crippen LogP) is 2.00. The van der Waals surface area contributed by atoms with Crippen LogP contribution in [0.5, 0.6) is 0 Å². The molecule has 1 aliphatic carbocycles. The second-order valence-electron chi connectivity index (χ2n) is 5.21. The van der Waals surface area contributed by atoms with Crippen molar-refractivity contribution in [3.05, 3.63) is 35.4 Å². The summed E-state index contributed by atoms with van der Waals surface area (Å²) in [4.78, 5) is 11.3. The second-order valence-corrected chi connectivity index (χ2v) is 5.21. The van der Waals surface area contributed by atoms with Crippen LogP contribution >= 0.6 is 0 Å². The molecule has 3 heteroatoms. The number of rotatable bonds is 1. The number of nitrogens with two attached hydrogens (primary N) is 1. The van der Waals surface area contributed by atoms with Gasteiger partial charge >= 0.3 is 5.97 Å². The number of carbonyl (C=O) groups is 1. The van der Waals surface area contributed by atoms with Crippen molar-refractivity contribution < 1.29 is 9.90 Å². The summed E-state index contributed by atoms with van der Waals surface area (Å²) in [6.45, 7) is 4.26. The third kappa shape index (κ3) is 1.43.